The lowest BCUT2D eigenvalue weighted by molar-refractivity contribution is 0.101. The summed E-state index contributed by atoms with van der Waals surface area (Å²) in [5.74, 6) is 0.859. The summed E-state index contributed by atoms with van der Waals surface area (Å²) >= 11 is 0. The Morgan fingerprint density at radius 2 is 2.00 bits per heavy atom. The molecule has 3 heteroatoms. The maximum Gasteiger partial charge on any atom is 0.0593 e. The van der Waals surface area contributed by atoms with Crippen molar-refractivity contribution < 1.29 is 4.74 Å². The highest BCUT2D eigenvalue weighted by Crippen LogP contribution is 2.28. The van der Waals surface area contributed by atoms with Crippen LogP contribution in [0.4, 0.5) is 0 Å². The molecule has 0 amide bonds. The summed E-state index contributed by atoms with van der Waals surface area (Å²) in [6.07, 6.45) is 2.73. The zero-order chi connectivity index (χ0) is 15.1. The van der Waals surface area contributed by atoms with Gasteiger partial charge in [-0.15, -0.1) is 0 Å². The van der Waals surface area contributed by atoms with E-state index in [-0.39, 0.29) is 0 Å². The number of nitrogens with zero attached hydrogens (tertiary/aromatic N) is 1. The number of hydrogen-bond acceptors (Lipinski definition) is 3. The summed E-state index contributed by atoms with van der Waals surface area (Å²) in [5, 5.41) is 3.59. The van der Waals surface area contributed by atoms with Gasteiger partial charge in [-0.25, -0.2) is 0 Å². The van der Waals surface area contributed by atoms with Crippen LogP contribution in [-0.2, 0) is 4.74 Å². The van der Waals surface area contributed by atoms with Crippen molar-refractivity contribution in [1.82, 2.24) is 10.2 Å². The normalized spacial score (nSPS) is 16.4. The smallest absolute Gasteiger partial charge is 0.0593 e. The Morgan fingerprint density at radius 3 is 2.62 bits per heavy atom. The number of ether oxygens (including phenoxy) is 1. The van der Waals surface area contributed by atoms with Gasteiger partial charge in [0.25, 0.3) is 0 Å². The van der Waals surface area contributed by atoms with E-state index in [1.165, 1.54) is 24.0 Å². The predicted octanol–water partition coefficient (Wildman–Crippen LogP) is 3.00. The molecule has 0 radical (unpaired) electrons. The van der Waals surface area contributed by atoms with Crippen LogP contribution in [0.15, 0.2) is 24.3 Å². The van der Waals surface area contributed by atoms with E-state index in [1.807, 2.05) is 0 Å². The Kier molecular flexibility index (Phi) is 6.68. The van der Waals surface area contributed by atoms with Crippen LogP contribution < -0.4 is 5.32 Å². The second-order valence-corrected chi connectivity index (χ2v) is 6.30. The third kappa shape index (κ3) is 6.16. The molecule has 1 saturated carbocycles. The van der Waals surface area contributed by atoms with E-state index < -0.39 is 0 Å². The number of likely N-dealkylation sites (N-methyl/N-ethyl adjacent to an activating group) is 2. The molecular weight excluding hydrogens is 260 g/mol. The molecular formula is C18H30N2O. The maximum absolute atomic E-state index is 5.73. The van der Waals surface area contributed by atoms with Gasteiger partial charge < -0.3 is 15.0 Å². The highest BCUT2D eigenvalue weighted by molar-refractivity contribution is 5.24. The topological polar surface area (TPSA) is 24.5 Å². The van der Waals surface area contributed by atoms with Gasteiger partial charge >= 0.3 is 0 Å². The van der Waals surface area contributed by atoms with Crippen molar-refractivity contribution in [3.63, 3.8) is 0 Å². The minimum absolute atomic E-state index is 0.393. The van der Waals surface area contributed by atoms with Crippen LogP contribution >= 0.6 is 0 Å². The number of nitrogens with one attached hydrogen (secondary N) is 1. The zero-order valence-corrected chi connectivity index (χ0v) is 13.8. The molecule has 0 aromatic heterocycles. The van der Waals surface area contributed by atoms with Gasteiger partial charge in [0.1, 0.15) is 0 Å². The average molecular weight is 290 g/mol. The Balaban J connectivity index is 1.75. The summed E-state index contributed by atoms with van der Waals surface area (Å²) in [4.78, 5) is 2.36. The average Bonchev–Trinajstić information content (AvgIpc) is 3.28. The van der Waals surface area contributed by atoms with E-state index in [2.05, 4.69) is 55.4 Å². The van der Waals surface area contributed by atoms with Gasteiger partial charge in [0.2, 0.25) is 0 Å². The van der Waals surface area contributed by atoms with Crippen molar-refractivity contribution in [2.45, 2.75) is 32.7 Å². The van der Waals surface area contributed by atoms with Gasteiger partial charge in [-0.1, -0.05) is 36.8 Å². The Hall–Kier alpha value is -0.900. The SMILES string of the molecule is CCNC(CN(C)CCOCC1CC1)c1ccc(C)cc1. The van der Waals surface area contributed by atoms with Gasteiger partial charge in [-0.05, 0) is 44.8 Å². The molecule has 1 unspecified atom stereocenters. The summed E-state index contributed by atoms with van der Waals surface area (Å²) in [6.45, 7) is 9.12. The number of aryl methyl sites for hydroxylation is 1. The third-order valence-electron chi connectivity index (χ3n) is 4.09. The van der Waals surface area contributed by atoms with E-state index in [9.17, 15) is 0 Å². The standard InChI is InChI=1S/C18H30N2O/c1-4-19-18(17-9-5-15(2)6-10-17)13-20(3)11-12-21-14-16-7-8-16/h5-6,9-10,16,18-19H,4,7-8,11-14H2,1-3H3. The van der Waals surface area contributed by atoms with Gasteiger partial charge in [0.15, 0.2) is 0 Å². The molecule has 1 atom stereocenters. The highest BCUT2D eigenvalue weighted by Gasteiger charge is 2.21. The monoisotopic (exact) mass is 290 g/mol. The van der Waals surface area contributed by atoms with Crippen molar-refractivity contribution in [2.24, 2.45) is 5.92 Å². The molecule has 0 spiro atoms. The van der Waals surface area contributed by atoms with Crippen LogP contribution in [0.25, 0.3) is 0 Å². The van der Waals surface area contributed by atoms with Crippen LogP contribution in [0.5, 0.6) is 0 Å². The van der Waals surface area contributed by atoms with E-state index in [4.69, 9.17) is 4.74 Å². The molecule has 0 aliphatic heterocycles. The van der Waals surface area contributed by atoms with E-state index in [1.54, 1.807) is 0 Å². The molecule has 2 rings (SSSR count). The Labute approximate surface area is 129 Å². The molecule has 1 aromatic carbocycles. The van der Waals surface area contributed by atoms with Crippen LogP contribution in [0.3, 0.4) is 0 Å². The Morgan fingerprint density at radius 1 is 1.29 bits per heavy atom. The fraction of sp³-hybridized carbons (Fsp3) is 0.667. The summed E-state index contributed by atoms with van der Waals surface area (Å²) < 4.78 is 5.73. The zero-order valence-electron chi connectivity index (χ0n) is 13.8. The second kappa shape index (κ2) is 8.52. The predicted molar refractivity (Wildman–Crippen MR) is 88.6 cm³/mol. The van der Waals surface area contributed by atoms with Crippen molar-refractivity contribution >= 4 is 0 Å². The maximum atomic E-state index is 5.73. The van der Waals surface area contributed by atoms with E-state index >= 15 is 0 Å². The lowest BCUT2D eigenvalue weighted by atomic mass is 10.0. The molecule has 1 N–H and O–H groups in total. The van der Waals surface area contributed by atoms with Gasteiger partial charge in [-0.3, -0.25) is 0 Å². The molecule has 1 aromatic rings. The summed E-state index contributed by atoms with van der Waals surface area (Å²) in [5.41, 5.74) is 2.68. The lowest BCUT2D eigenvalue weighted by Gasteiger charge is -2.25. The first-order valence-corrected chi connectivity index (χ1v) is 8.25. The van der Waals surface area contributed by atoms with E-state index in [0.717, 1.165) is 38.8 Å². The van der Waals surface area contributed by atoms with Crippen LogP contribution in [0.1, 0.15) is 36.9 Å². The van der Waals surface area contributed by atoms with Crippen LogP contribution in [0.2, 0.25) is 0 Å². The quantitative estimate of drug-likeness (QED) is 0.670. The fourth-order valence-corrected chi connectivity index (χ4v) is 2.49. The molecule has 1 fully saturated rings. The molecule has 1 aliphatic carbocycles. The van der Waals surface area contributed by atoms with Gasteiger partial charge in [0, 0.05) is 25.7 Å². The minimum atomic E-state index is 0.393. The van der Waals surface area contributed by atoms with Crippen molar-refractivity contribution in [3.8, 4) is 0 Å². The Bertz CT molecular complexity index is 400. The molecule has 0 heterocycles. The largest absolute Gasteiger partial charge is 0.380 e. The number of hydrogen-bond donors (Lipinski definition) is 1. The van der Waals surface area contributed by atoms with Gasteiger partial charge in [0.05, 0.1) is 6.61 Å². The molecule has 118 valence electrons. The molecule has 1 aliphatic rings. The molecule has 3 nitrogen and oxygen atoms in total. The lowest BCUT2D eigenvalue weighted by Crippen LogP contribution is -2.34. The molecule has 0 saturated heterocycles. The highest BCUT2D eigenvalue weighted by atomic mass is 16.5. The fourth-order valence-electron chi connectivity index (χ4n) is 2.49. The van der Waals surface area contributed by atoms with Crippen molar-refractivity contribution in [3.05, 3.63) is 35.4 Å². The van der Waals surface area contributed by atoms with E-state index in [0.29, 0.717) is 6.04 Å². The van der Waals surface area contributed by atoms with Crippen molar-refractivity contribution in [1.29, 1.82) is 0 Å². The van der Waals surface area contributed by atoms with Crippen LogP contribution in [-0.4, -0.2) is 44.8 Å². The summed E-state index contributed by atoms with van der Waals surface area (Å²) in [6, 6.07) is 9.25. The summed E-state index contributed by atoms with van der Waals surface area (Å²) in [7, 11) is 2.18. The van der Waals surface area contributed by atoms with Crippen LogP contribution in [0, 0.1) is 12.8 Å². The number of rotatable bonds is 10. The van der Waals surface area contributed by atoms with Gasteiger partial charge in [-0.2, -0.15) is 0 Å². The first-order valence-electron chi connectivity index (χ1n) is 8.25. The first kappa shape index (κ1) is 16.5. The first-order chi connectivity index (χ1) is 10.2. The molecule has 21 heavy (non-hydrogen) atoms. The number of benzene rings is 1. The van der Waals surface area contributed by atoms with Crippen molar-refractivity contribution in [2.75, 3.05) is 39.9 Å². The molecule has 0 bridgehead atoms. The minimum Gasteiger partial charge on any atom is -0.380 e. The third-order valence-corrected chi connectivity index (χ3v) is 4.09. The second-order valence-electron chi connectivity index (χ2n) is 6.30.